The van der Waals surface area contributed by atoms with Crippen molar-refractivity contribution >= 4 is 0 Å². The van der Waals surface area contributed by atoms with Crippen molar-refractivity contribution in [3.63, 3.8) is 0 Å². The molecule has 10 radical (unpaired) electrons. The number of rotatable bonds is 2. The molecule has 0 nitrogen and oxygen atoms in total. The third kappa shape index (κ3) is 3.51. The molecule has 30 heavy (non-hydrogen) atoms. The highest BCUT2D eigenvalue weighted by Gasteiger charge is 2.62. The van der Waals surface area contributed by atoms with Crippen LogP contribution in [0.3, 0.4) is 0 Å². The molecule has 0 aliphatic heterocycles. The second kappa shape index (κ2) is 7.25. The Balaban J connectivity index is 1.86. The van der Waals surface area contributed by atoms with Crippen molar-refractivity contribution in [2.45, 2.75) is 62.3 Å². The molecule has 0 atom stereocenters. The van der Waals surface area contributed by atoms with Crippen molar-refractivity contribution in [3.05, 3.63) is 108 Å². The summed E-state index contributed by atoms with van der Waals surface area (Å²) in [6.07, 6.45) is 20.8. The molecule has 4 rings (SSSR count). The molecule has 4 aliphatic carbocycles. The van der Waals surface area contributed by atoms with Gasteiger partial charge in [-0.1, -0.05) is 110 Å². The van der Waals surface area contributed by atoms with Crippen LogP contribution in [-0.4, -0.2) is 0 Å². The third-order valence-corrected chi connectivity index (χ3v) is 6.79. The van der Waals surface area contributed by atoms with Crippen LogP contribution in [0.2, 0.25) is 0 Å². The SMILES string of the molecule is C[C]1[CH][CH][C](C(C)(C)[C]2[C]3[C](C=CC=C3C(C)(C)C)[C]3C=CC=C(C(C)(C)C)[C]32)[CH]1. The van der Waals surface area contributed by atoms with Gasteiger partial charge in [0.1, 0.15) is 0 Å². The summed E-state index contributed by atoms with van der Waals surface area (Å²) in [7, 11) is 0. The van der Waals surface area contributed by atoms with Gasteiger partial charge in [-0.2, -0.15) is 0 Å². The van der Waals surface area contributed by atoms with Crippen LogP contribution in [0, 0.1) is 76.9 Å². The maximum absolute atomic E-state index is 2.41. The lowest BCUT2D eigenvalue weighted by Crippen LogP contribution is -2.38. The summed E-state index contributed by atoms with van der Waals surface area (Å²) in [5.41, 5.74) is 2.97. The smallest absolute Gasteiger partial charge is 0.0215 e. The van der Waals surface area contributed by atoms with E-state index in [1.165, 1.54) is 52.6 Å². The zero-order valence-corrected chi connectivity index (χ0v) is 20.2. The largest absolute Gasteiger partial charge is 0.0755 e. The number of fused-ring (bicyclic) bond motifs is 3. The van der Waals surface area contributed by atoms with Crippen molar-refractivity contribution < 1.29 is 0 Å². The van der Waals surface area contributed by atoms with Crippen LogP contribution in [0.25, 0.3) is 0 Å². The quantitative estimate of drug-likeness (QED) is 0.447. The van der Waals surface area contributed by atoms with Gasteiger partial charge in [-0.3, -0.25) is 0 Å². The molecule has 0 saturated heterocycles. The van der Waals surface area contributed by atoms with E-state index in [0.29, 0.717) is 0 Å². The molecular formula is C30H36. The van der Waals surface area contributed by atoms with E-state index in [-0.39, 0.29) is 16.2 Å². The molecule has 2 saturated carbocycles. The maximum atomic E-state index is 2.41. The summed E-state index contributed by atoms with van der Waals surface area (Å²) in [5, 5.41) is 0. The zero-order valence-electron chi connectivity index (χ0n) is 20.2. The second-order valence-electron chi connectivity index (χ2n) is 11.6. The Hall–Kier alpha value is -1.04. The van der Waals surface area contributed by atoms with Crippen LogP contribution >= 0.6 is 0 Å². The van der Waals surface area contributed by atoms with Gasteiger partial charge in [-0.15, -0.1) is 0 Å². The molecule has 156 valence electrons. The van der Waals surface area contributed by atoms with Crippen molar-refractivity contribution in [1.29, 1.82) is 0 Å². The van der Waals surface area contributed by atoms with E-state index >= 15 is 0 Å². The van der Waals surface area contributed by atoms with E-state index in [1.54, 1.807) is 0 Å². The molecule has 0 amide bonds. The predicted octanol–water partition coefficient (Wildman–Crippen LogP) is 7.78. The number of hydrogen-bond donors (Lipinski definition) is 0. The Morgan fingerprint density at radius 2 is 1.10 bits per heavy atom. The van der Waals surface area contributed by atoms with Gasteiger partial charge in [0.2, 0.25) is 0 Å². The average Bonchev–Trinajstić information content (AvgIpc) is 3.21. The van der Waals surface area contributed by atoms with E-state index in [4.69, 9.17) is 0 Å². The lowest BCUT2D eigenvalue weighted by molar-refractivity contribution is 0.406. The minimum atomic E-state index is -0.0863. The van der Waals surface area contributed by atoms with Crippen LogP contribution in [0.4, 0.5) is 0 Å². The molecule has 0 bridgehead atoms. The van der Waals surface area contributed by atoms with Gasteiger partial charge in [0.05, 0.1) is 0 Å². The number of allylic oxidation sites excluding steroid dienone is 8. The van der Waals surface area contributed by atoms with Gasteiger partial charge < -0.3 is 0 Å². The third-order valence-electron chi connectivity index (χ3n) is 6.79. The Labute approximate surface area is 187 Å². The summed E-state index contributed by atoms with van der Waals surface area (Å²) in [6.45, 7) is 21.1. The van der Waals surface area contributed by atoms with E-state index < -0.39 is 0 Å². The highest BCUT2D eigenvalue weighted by molar-refractivity contribution is 5.83. The first kappa shape index (κ1) is 22.2. The lowest BCUT2D eigenvalue weighted by Gasteiger charge is -2.47. The molecule has 0 N–H and O–H groups in total. The van der Waals surface area contributed by atoms with E-state index in [9.17, 15) is 0 Å². The first-order valence-electron chi connectivity index (χ1n) is 11.2. The molecule has 4 aliphatic rings. The van der Waals surface area contributed by atoms with Gasteiger partial charge in [-0.25, -0.2) is 0 Å². The molecule has 2 fully saturated rings. The molecule has 0 aromatic carbocycles. The topological polar surface area (TPSA) is 0 Å². The minimum Gasteiger partial charge on any atom is -0.0755 e. The fraction of sp³-hybridized carbons (Fsp3) is 0.400. The van der Waals surface area contributed by atoms with Gasteiger partial charge in [0, 0.05) is 29.6 Å². The normalized spacial score (nSPS) is 26.3. The molecule has 0 unspecified atom stereocenters. The summed E-state index contributed by atoms with van der Waals surface area (Å²) >= 11 is 0. The summed E-state index contributed by atoms with van der Waals surface area (Å²) in [4.78, 5) is 0. The Morgan fingerprint density at radius 1 is 0.633 bits per heavy atom. The molecule has 0 heterocycles. The molecule has 0 heteroatoms. The van der Waals surface area contributed by atoms with Crippen molar-refractivity contribution in [3.8, 4) is 0 Å². The van der Waals surface area contributed by atoms with E-state index in [2.05, 4.69) is 118 Å². The van der Waals surface area contributed by atoms with Crippen LogP contribution < -0.4 is 0 Å². The molecule has 0 spiro atoms. The zero-order chi connectivity index (χ0) is 22.1. The first-order chi connectivity index (χ1) is 13.8. The minimum absolute atomic E-state index is 0.0819. The first-order valence-corrected chi connectivity index (χ1v) is 11.2. The Morgan fingerprint density at radius 3 is 1.47 bits per heavy atom. The summed E-state index contributed by atoms with van der Waals surface area (Å²) in [6, 6.07) is 0. The predicted molar refractivity (Wildman–Crippen MR) is 128 cm³/mol. The summed E-state index contributed by atoms with van der Waals surface area (Å²) in [5.74, 6) is 9.95. The van der Waals surface area contributed by atoms with Crippen LogP contribution in [0.1, 0.15) is 62.3 Å². The fourth-order valence-corrected chi connectivity index (χ4v) is 5.19. The van der Waals surface area contributed by atoms with Crippen molar-refractivity contribution in [2.75, 3.05) is 0 Å². The number of hydrogen-bond acceptors (Lipinski definition) is 0. The summed E-state index contributed by atoms with van der Waals surface area (Å²) < 4.78 is 0. The highest BCUT2D eigenvalue weighted by atomic mass is 14.6. The lowest BCUT2D eigenvalue weighted by atomic mass is 9.56. The van der Waals surface area contributed by atoms with Crippen LogP contribution in [0.5, 0.6) is 0 Å². The average molecular weight is 397 g/mol. The standard InChI is InChI=1S/C30H36/c1-19-16-17-20(18-19)30(8,9)27-25-21(12-10-14-23(25)28(2,3)4)22-13-11-15-24(26(22)27)29(5,6)7/h10-18H,1-9H3. The monoisotopic (exact) mass is 396 g/mol. The van der Waals surface area contributed by atoms with Crippen molar-refractivity contribution in [2.24, 2.45) is 16.2 Å². The van der Waals surface area contributed by atoms with Gasteiger partial charge >= 0.3 is 0 Å². The maximum Gasteiger partial charge on any atom is 0.0215 e. The molecular weight excluding hydrogens is 360 g/mol. The molecule has 0 aromatic heterocycles. The van der Waals surface area contributed by atoms with Gasteiger partial charge in [0.25, 0.3) is 0 Å². The molecule has 0 aromatic rings. The Kier molecular flexibility index (Phi) is 5.35. The Bertz CT molecular complexity index is 733. The van der Waals surface area contributed by atoms with Gasteiger partial charge in [-0.05, 0) is 47.3 Å². The van der Waals surface area contributed by atoms with E-state index in [1.807, 2.05) is 0 Å². The van der Waals surface area contributed by atoms with Crippen molar-refractivity contribution in [1.82, 2.24) is 0 Å². The van der Waals surface area contributed by atoms with E-state index in [0.717, 1.165) is 0 Å². The van der Waals surface area contributed by atoms with Crippen LogP contribution in [0.15, 0.2) is 47.6 Å². The van der Waals surface area contributed by atoms with Gasteiger partial charge in [0.15, 0.2) is 0 Å². The fourth-order valence-electron chi connectivity index (χ4n) is 5.19. The second-order valence-corrected chi connectivity index (χ2v) is 11.6. The highest BCUT2D eigenvalue weighted by Crippen LogP contribution is 2.71. The van der Waals surface area contributed by atoms with Crippen LogP contribution in [-0.2, 0) is 0 Å².